The van der Waals surface area contributed by atoms with E-state index in [9.17, 15) is 68.2 Å². The van der Waals surface area contributed by atoms with Crippen molar-refractivity contribution in [2.45, 2.75) is 42.9 Å². The molecule has 66 heavy (non-hydrogen) atoms. The number of carbonyl (C=O) groups is 1. The van der Waals surface area contributed by atoms with E-state index < -0.39 is 80.1 Å². The number of alkyl halides is 6. The molecule has 0 aliphatic heterocycles. The average Bonchev–Trinajstić information content (AvgIpc) is 3.65. The molecule has 0 fully saturated rings. The molecule has 2 aromatic carbocycles. The standard InChI is InChI=1S/C17H13ClF3N5O4S.C10H11F3N2S.C9H10ClN3O5S/c1-3-31(29,30)14-8-13(26(27)28)11(18)7-10(14)15-23-24-16(25(15)2)12-6-9(4-5-22-12)17(19,20)21;1-3-16-9(14-2)8-6-7(4-5-15-8)10(11,12)13;1-2-19(17,18)8-4-7(13(15)16)6(10)3-5(8)9(14)12-11/h4-8H,3H2,1-2H3;4-6H,3H2,1-2H3;3-4H,2,11H2,1H3,(H,12,14). The Morgan fingerprint density at radius 1 is 0.803 bits per heavy atom. The minimum Gasteiger partial charge on any atom is -0.309 e. The summed E-state index contributed by atoms with van der Waals surface area (Å²) in [4.78, 5) is 42.6. The molecule has 3 heterocycles. The van der Waals surface area contributed by atoms with Gasteiger partial charge in [-0.25, -0.2) is 22.7 Å². The maximum Gasteiger partial charge on any atom is 0.416 e. The van der Waals surface area contributed by atoms with Crippen LogP contribution in [-0.4, -0.2) is 86.7 Å². The number of nitrogens with zero attached hydrogens (tertiary/aromatic N) is 8. The molecule has 0 saturated heterocycles. The van der Waals surface area contributed by atoms with E-state index in [0.717, 1.165) is 66.7 Å². The van der Waals surface area contributed by atoms with Gasteiger partial charge in [-0.15, -0.1) is 22.0 Å². The summed E-state index contributed by atoms with van der Waals surface area (Å²) in [7, 11) is -4.86. The third-order valence-electron chi connectivity index (χ3n) is 8.52. The van der Waals surface area contributed by atoms with Crippen LogP contribution in [0.4, 0.5) is 37.7 Å². The van der Waals surface area contributed by atoms with Gasteiger partial charge in [0.25, 0.3) is 17.3 Å². The molecule has 3 N–H and O–H groups in total. The Morgan fingerprint density at radius 2 is 1.29 bits per heavy atom. The molecule has 0 bridgehead atoms. The monoisotopic (exact) mass is 1030 g/mol. The van der Waals surface area contributed by atoms with Gasteiger partial charge >= 0.3 is 12.4 Å². The van der Waals surface area contributed by atoms with E-state index in [1.54, 1.807) is 12.5 Å². The van der Waals surface area contributed by atoms with Crippen molar-refractivity contribution < 1.29 is 57.8 Å². The van der Waals surface area contributed by atoms with Crippen molar-refractivity contribution in [1.29, 1.82) is 0 Å². The summed E-state index contributed by atoms with van der Waals surface area (Å²) in [6, 6.07) is 7.10. The zero-order chi connectivity index (χ0) is 50.1. The average molecular weight is 1030 g/mol. The number of nitro groups is 2. The summed E-state index contributed by atoms with van der Waals surface area (Å²) in [5, 5.41) is 29.5. The third-order valence-corrected chi connectivity index (χ3v) is 13.6. The number of thioether (sulfide) groups is 1. The Morgan fingerprint density at radius 3 is 1.77 bits per heavy atom. The maximum atomic E-state index is 13.0. The van der Waals surface area contributed by atoms with Crippen molar-refractivity contribution in [2.24, 2.45) is 17.9 Å². The summed E-state index contributed by atoms with van der Waals surface area (Å²) in [5.74, 6) is 3.95. The summed E-state index contributed by atoms with van der Waals surface area (Å²) >= 11 is 13.0. The Hall–Kier alpha value is -5.81. The Balaban J connectivity index is 0.000000283. The Labute approximate surface area is 385 Å². The molecule has 0 aliphatic carbocycles. The van der Waals surface area contributed by atoms with Gasteiger partial charge in [0.1, 0.15) is 20.8 Å². The number of nitrogen functional groups attached to an aromatic ring is 1. The molecule has 19 nitrogen and oxygen atoms in total. The van der Waals surface area contributed by atoms with Crippen molar-refractivity contribution in [2.75, 3.05) is 24.3 Å². The summed E-state index contributed by atoms with van der Waals surface area (Å²) in [6.07, 6.45) is -6.83. The van der Waals surface area contributed by atoms with E-state index in [1.807, 2.05) is 6.92 Å². The number of halogens is 8. The number of hydrogen-bond acceptors (Lipinski definition) is 16. The first-order valence-electron chi connectivity index (χ1n) is 18.1. The van der Waals surface area contributed by atoms with Crippen LogP contribution < -0.4 is 11.3 Å². The number of benzene rings is 2. The van der Waals surface area contributed by atoms with Crippen LogP contribution in [0.5, 0.6) is 0 Å². The van der Waals surface area contributed by atoms with Crippen LogP contribution in [0.1, 0.15) is 48.0 Å². The molecule has 1 amide bonds. The van der Waals surface area contributed by atoms with Crippen LogP contribution in [0.25, 0.3) is 22.9 Å². The zero-order valence-corrected chi connectivity index (χ0v) is 38.4. The van der Waals surface area contributed by atoms with E-state index >= 15 is 0 Å². The van der Waals surface area contributed by atoms with Gasteiger partial charge in [0.15, 0.2) is 31.3 Å². The number of aromatic nitrogens is 5. The van der Waals surface area contributed by atoms with Gasteiger partial charge in [-0.2, -0.15) is 26.3 Å². The highest BCUT2D eigenvalue weighted by Gasteiger charge is 2.33. The number of rotatable bonds is 11. The van der Waals surface area contributed by atoms with Crippen LogP contribution >= 0.6 is 35.0 Å². The second-order valence-corrected chi connectivity index (χ2v) is 19.2. The van der Waals surface area contributed by atoms with E-state index in [2.05, 4.69) is 25.2 Å². The number of carbonyl (C=O) groups excluding carboxylic acids is 1. The number of amides is 1. The smallest absolute Gasteiger partial charge is 0.309 e. The predicted molar refractivity (Wildman–Crippen MR) is 231 cm³/mol. The van der Waals surface area contributed by atoms with Gasteiger partial charge in [-0.3, -0.25) is 45.4 Å². The number of hydrazine groups is 1. The van der Waals surface area contributed by atoms with Crippen LogP contribution in [0, 0.1) is 20.2 Å². The molecule has 3 aromatic heterocycles. The normalized spacial score (nSPS) is 12.1. The lowest BCUT2D eigenvalue weighted by atomic mass is 10.2. The van der Waals surface area contributed by atoms with Gasteiger partial charge in [0, 0.05) is 44.2 Å². The number of nitro benzene ring substituents is 2. The van der Waals surface area contributed by atoms with Crippen molar-refractivity contribution in [3.8, 4) is 22.9 Å². The number of hydrogen-bond donors (Lipinski definition) is 2. The van der Waals surface area contributed by atoms with Crippen LogP contribution in [0.2, 0.25) is 10.0 Å². The van der Waals surface area contributed by atoms with Crippen molar-refractivity contribution in [1.82, 2.24) is 30.2 Å². The summed E-state index contributed by atoms with van der Waals surface area (Å²) < 4.78 is 126. The lowest BCUT2D eigenvalue weighted by molar-refractivity contribution is -0.385. The van der Waals surface area contributed by atoms with E-state index in [-0.39, 0.29) is 55.7 Å². The van der Waals surface area contributed by atoms with E-state index in [4.69, 9.17) is 29.0 Å². The highest BCUT2D eigenvalue weighted by Crippen LogP contribution is 2.38. The second-order valence-electron chi connectivity index (χ2n) is 12.6. The fraction of sp³-hybridized carbons (Fsp3) is 0.278. The highest BCUT2D eigenvalue weighted by atomic mass is 35.5. The van der Waals surface area contributed by atoms with Gasteiger partial charge in [-0.05, 0) is 42.2 Å². The number of nitrogens with two attached hydrogens (primary N) is 1. The Kier molecular flexibility index (Phi) is 18.3. The van der Waals surface area contributed by atoms with Gasteiger partial charge in [-0.1, -0.05) is 44.0 Å². The summed E-state index contributed by atoms with van der Waals surface area (Å²) in [5.41, 5.74) is -1.39. The number of pyridine rings is 2. The molecule has 5 rings (SSSR count). The topological polar surface area (TPSA) is 279 Å². The molecule has 0 unspecified atom stereocenters. The largest absolute Gasteiger partial charge is 0.416 e. The fourth-order valence-corrected chi connectivity index (χ4v) is 8.55. The second kappa shape index (κ2) is 22.1. The van der Waals surface area contributed by atoms with Crippen molar-refractivity contribution >= 4 is 77.0 Å². The summed E-state index contributed by atoms with van der Waals surface area (Å²) in [6.45, 7) is 4.61. The maximum absolute atomic E-state index is 13.0. The van der Waals surface area contributed by atoms with Gasteiger partial charge in [0.2, 0.25) is 0 Å². The number of nitrogens with one attached hydrogen (secondary N) is 1. The van der Waals surface area contributed by atoms with E-state index in [0.29, 0.717) is 5.04 Å². The molecule has 0 radical (unpaired) electrons. The lowest BCUT2D eigenvalue weighted by Gasteiger charge is -2.11. The SMILES string of the molecule is CCS(=O)(=O)c1cc([N+](=O)[O-])c(Cl)cc1-c1nnc(-c2cc(C(F)(F)F)ccn2)n1C.CCS(=O)(=O)c1cc([N+](=O)[O-])c(Cl)cc1C(=O)NN.CCSC(=NC)c1cc(C(F)(F)F)ccn1. The van der Waals surface area contributed by atoms with Crippen LogP contribution in [0.15, 0.2) is 75.7 Å². The zero-order valence-electron chi connectivity index (χ0n) is 34.5. The molecular weight excluding hydrogens is 998 g/mol. The van der Waals surface area contributed by atoms with Crippen LogP contribution in [0.3, 0.4) is 0 Å². The number of aliphatic imine (C=N–C) groups is 1. The molecule has 356 valence electrons. The first-order chi connectivity index (χ1) is 30.6. The molecule has 0 atom stereocenters. The quantitative estimate of drug-likeness (QED) is 0.0243. The minimum absolute atomic E-state index is 0.0713. The fourth-order valence-electron chi connectivity index (χ4n) is 5.25. The van der Waals surface area contributed by atoms with Crippen LogP contribution in [-0.2, 0) is 39.1 Å². The van der Waals surface area contributed by atoms with Crippen molar-refractivity contribution in [3.63, 3.8) is 0 Å². The lowest BCUT2D eigenvalue weighted by Crippen LogP contribution is -2.31. The van der Waals surface area contributed by atoms with Gasteiger partial charge in [0.05, 0.1) is 53.5 Å². The van der Waals surface area contributed by atoms with E-state index in [1.165, 1.54) is 37.2 Å². The number of sulfone groups is 2. The highest BCUT2D eigenvalue weighted by molar-refractivity contribution is 8.14. The Bertz CT molecular complexity index is 2900. The molecule has 0 saturated carbocycles. The first-order valence-corrected chi connectivity index (χ1v) is 23.1. The molecule has 30 heteroatoms. The first kappa shape index (κ1) is 54.5. The van der Waals surface area contributed by atoms with Gasteiger partial charge < -0.3 is 4.57 Å². The molecule has 0 spiro atoms. The molecular formula is C36H34Cl2F6N10O9S3. The molecule has 5 aromatic rings. The van der Waals surface area contributed by atoms with Crippen molar-refractivity contribution in [3.05, 3.63) is 114 Å². The third kappa shape index (κ3) is 13.2. The molecule has 0 aliphatic rings. The predicted octanol–water partition coefficient (Wildman–Crippen LogP) is 7.79. The minimum atomic E-state index is -4.60.